The van der Waals surface area contributed by atoms with Crippen LogP contribution in [0.1, 0.15) is 11.1 Å². The van der Waals surface area contributed by atoms with Crippen LogP contribution in [0.25, 0.3) is 21.5 Å². The summed E-state index contributed by atoms with van der Waals surface area (Å²) in [5.74, 6) is 0.225. The topological polar surface area (TPSA) is 141 Å². The minimum absolute atomic E-state index is 0.0769. The molecule has 43 heavy (non-hydrogen) atoms. The van der Waals surface area contributed by atoms with E-state index in [0.29, 0.717) is 16.8 Å². The minimum atomic E-state index is -0.505. The van der Waals surface area contributed by atoms with Crippen LogP contribution in [0.15, 0.2) is 107 Å². The van der Waals surface area contributed by atoms with Crippen LogP contribution in [0.2, 0.25) is 0 Å². The molecule has 216 valence electrons. The normalized spacial score (nSPS) is 11.4. The number of aromatic hydroxyl groups is 2. The summed E-state index contributed by atoms with van der Waals surface area (Å²) in [6.45, 7) is 1.00. The van der Waals surface area contributed by atoms with Gasteiger partial charge in [0.15, 0.2) is 0 Å². The predicted octanol–water partition coefficient (Wildman–Crippen LogP) is 6.38. The number of carbonyl (C=O) groups excluding carboxylic acids is 1. The first-order chi connectivity index (χ1) is 20.9. The molecule has 0 atom stereocenters. The number of hydrogen-bond acceptors (Lipinski definition) is 7. The zero-order chi connectivity index (χ0) is 30.2. The molecule has 0 bridgehead atoms. The van der Waals surface area contributed by atoms with E-state index in [4.69, 9.17) is 0 Å². The number of urea groups is 1. The average molecular weight is 576 g/mol. The summed E-state index contributed by atoms with van der Waals surface area (Å²) < 4.78 is 0. The molecule has 5 rings (SSSR count). The van der Waals surface area contributed by atoms with Crippen LogP contribution in [0.5, 0.6) is 11.5 Å². The van der Waals surface area contributed by atoms with Crippen molar-refractivity contribution in [1.82, 2.24) is 4.90 Å². The van der Waals surface area contributed by atoms with E-state index in [-0.39, 0.29) is 43.4 Å². The van der Waals surface area contributed by atoms with Crippen molar-refractivity contribution in [2.45, 2.75) is 0 Å². The van der Waals surface area contributed by atoms with Crippen molar-refractivity contribution < 1.29 is 19.9 Å². The van der Waals surface area contributed by atoms with Gasteiger partial charge in [-0.3, -0.25) is 20.1 Å². The predicted molar refractivity (Wildman–Crippen MR) is 170 cm³/mol. The molecule has 0 aliphatic heterocycles. The largest absolute Gasteiger partial charge is 0.507 e. The molecule has 0 aromatic heterocycles. The first kappa shape index (κ1) is 28.7. The van der Waals surface area contributed by atoms with Crippen molar-refractivity contribution in [1.29, 1.82) is 0 Å². The maximum absolute atomic E-state index is 13.2. The van der Waals surface area contributed by atoms with Crippen LogP contribution in [0.3, 0.4) is 0 Å². The fraction of sp³-hybridized carbons (Fsp3) is 0.121. The van der Waals surface area contributed by atoms with E-state index in [2.05, 4.69) is 15.3 Å². The summed E-state index contributed by atoms with van der Waals surface area (Å²) in [7, 11) is 0. The molecule has 10 nitrogen and oxygen atoms in total. The van der Waals surface area contributed by atoms with Gasteiger partial charge in [-0.05, 0) is 45.8 Å². The average Bonchev–Trinajstić information content (AvgIpc) is 3.02. The van der Waals surface area contributed by atoms with Crippen molar-refractivity contribution in [3.05, 3.63) is 118 Å². The molecule has 0 saturated heterocycles. The second-order valence-corrected chi connectivity index (χ2v) is 9.73. The molecule has 0 saturated carbocycles. The Balaban J connectivity index is 1.30. The van der Waals surface area contributed by atoms with E-state index in [9.17, 15) is 25.1 Å². The molecule has 5 aromatic rings. The van der Waals surface area contributed by atoms with Gasteiger partial charge >= 0.3 is 6.03 Å². The highest BCUT2D eigenvalue weighted by molar-refractivity contribution is 6.03. The summed E-state index contributed by atoms with van der Waals surface area (Å²) in [5.41, 5.74) is 1.53. The number of nitrogens with one attached hydrogen (secondary N) is 1. The van der Waals surface area contributed by atoms with Crippen molar-refractivity contribution in [2.24, 2.45) is 9.98 Å². The van der Waals surface area contributed by atoms with E-state index in [0.717, 1.165) is 21.5 Å². The number of nitro groups is 1. The van der Waals surface area contributed by atoms with E-state index in [1.165, 1.54) is 24.3 Å². The van der Waals surface area contributed by atoms with Crippen molar-refractivity contribution in [3.63, 3.8) is 0 Å². The Morgan fingerprint density at radius 2 is 1.23 bits per heavy atom. The second kappa shape index (κ2) is 13.3. The van der Waals surface area contributed by atoms with Gasteiger partial charge in [-0.1, -0.05) is 60.7 Å². The molecule has 10 heteroatoms. The third-order valence-corrected chi connectivity index (χ3v) is 6.95. The van der Waals surface area contributed by atoms with E-state index in [1.54, 1.807) is 29.5 Å². The zero-order valence-electron chi connectivity index (χ0n) is 23.1. The summed E-state index contributed by atoms with van der Waals surface area (Å²) >= 11 is 0. The summed E-state index contributed by atoms with van der Waals surface area (Å²) in [5, 5.41) is 38.2. The first-order valence-electron chi connectivity index (χ1n) is 13.6. The van der Waals surface area contributed by atoms with Crippen LogP contribution >= 0.6 is 0 Å². The molecule has 0 aliphatic rings. The molecule has 0 fully saturated rings. The van der Waals surface area contributed by atoms with E-state index >= 15 is 0 Å². The number of nitrogens with zero attached hydrogens (tertiary/aromatic N) is 4. The molecule has 0 unspecified atom stereocenters. The Hall–Kier alpha value is -5.77. The number of amides is 2. The highest BCUT2D eigenvalue weighted by Gasteiger charge is 2.14. The third-order valence-electron chi connectivity index (χ3n) is 6.95. The summed E-state index contributed by atoms with van der Waals surface area (Å²) in [6.07, 6.45) is 3.21. The van der Waals surface area contributed by atoms with Crippen molar-refractivity contribution in [2.75, 3.05) is 31.5 Å². The highest BCUT2D eigenvalue weighted by Crippen LogP contribution is 2.26. The highest BCUT2D eigenvalue weighted by atomic mass is 16.6. The van der Waals surface area contributed by atoms with Gasteiger partial charge in [0.1, 0.15) is 11.5 Å². The Kier molecular flexibility index (Phi) is 8.87. The molecule has 2 amide bonds. The first-order valence-corrected chi connectivity index (χ1v) is 13.6. The molecule has 0 radical (unpaired) electrons. The number of hydrogen-bond donors (Lipinski definition) is 3. The minimum Gasteiger partial charge on any atom is -0.507 e. The number of nitro benzene ring substituents is 1. The van der Waals surface area contributed by atoms with Gasteiger partial charge in [0.25, 0.3) is 5.69 Å². The van der Waals surface area contributed by atoms with E-state index < -0.39 is 11.0 Å². The van der Waals surface area contributed by atoms with Crippen LogP contribution < -0.4 is 5.32 Å². The lowest BCUT2D eigenvalue weighted by Crippen LogP contribution is -2.38. The van der Waals surface area contributed by atoms with Crippen LogP contribution in [0.4, 0.5) is 16.2 Å². The van der Waals surface area contributed by atoms with Gasteiger partial charge in [0.2, 0.25) is 0 Å². The maximum Gasteiger partial charge on any atom is 0.321 e. The smallest absolute Gasteiger partial charge is 0.321 e. The van der Waals surface area contributed by atoms with Gasteiger partial charge < -0.3 is 20.4 Å². The second-order valence-electron chi connectivity index (χ2n) is 9.73. The van der Waals surface area contributed by atoms with Gasteiger partial charge in [-0.2, -0.15) is 0 Å². The number of aliphatic imine (C=N–C) groups is 2. The van der Waals surface area contributed by atoms with Crippen molar-refractivity contribution >= 4 is 51.4 Å². The Labute approximate surface area is 247 Å². The number of carbonyl (C=O) groups is 1. The molecule has 0 aliphatic carbocycles. The van der Waals surface area contributed by atoms with Crippen molar-refractivity contribution in [3.8, 4) is 11.5 Å². The quantitative estimate of drug-likeness (QED) is 0.101. The van der Waals surface area contributed by atoms with E-state index in [1.807, 2.05) is 60.7 Å². The SMILES string of the molecule is O=C(Nc1ccc([N+](=O)[O-])cc1)N(CCN=Cc1c(O)ccc2ccccc12)CCN=Cc1c(O)ccc2ccccc12. The molecular formula is C33H29N5O5. The fourth-order valence-corrected chi connectivity index (χ4v) is 4.69. The lowest BCUT2D eigenvalue weighted by atomic mass is 10.0. The number of phenolic OH excluding ortho intramolecular Hbond substituents is 2. The molecule has 3 N–H and O–H groups in total. The number of benzene rings is 5. The number of rotatable bonds is 10. The van der Waals surface area contributed by atoms with Gasteiger partial charge in [0.05, 0.1) is 18.0 Å². The lowest BCUT2D eigenvalue weighted by molar-refractivity contribution is -0.384. The van der Waals surface area contributed by atoms with Crippen LogP contribution in [-0.2, 0) is 0 Å². The van der Waals surface area contributed by atoms with Gasteiger partial charge in [-0.25, -0.2) is 4.79 Å². The number of phenols is 2. The number of fused-ring (bicyclic) bond motifs is 2. The molecule has 5 aromatic carbocycles. The summed E-state index contributed by atoms with van der Waals surface area (Å²) in [6, 6.07) is 27.4. The Morgan fingerprint density at radius 1 is 0.744 bits per heavy atom. The van der Waals surface area contributed by atoms with Crippen LogP contribution in [0, 0.1) is 10.1 Å². The van der Waals surface area contributed by atoms with Crippen LogP contribution in [-0.4, -0.2) is 64.7 Å². The third kappa shape index (κ3) is 6.94. The summed E-state index contributed by atoms with van der Waals surface area (Å²) in [4.78, 5) is 34.2. The molecule has 0 spiro atoms. The lowest BCUT2D eigenvalue weighted by Gasteiger charge is -2.21. The number of anilines is 1. The van der Waals surface area contributed by atoms with Gasteiger partial charge in [0, 0.05) is 54.5 Å². The molecular weight excluding hydrogens is 546 g/mol. The van der Waals surface area contributed by atoms with Gasteiger partial charge in [-0.15, -0.1) is 0 Å². The molecule has 0 heterocycles. The standard InChI is InChI=1S/C33H29N5O5/c39-31-15-9-23-5-1-3-7-27(23)29(31)21-34-17-19-37(33(41)36-25-11-13-26(14-12-25)38(42)43)20-18-35-22-30-28-8-4-2-6-24(28)10-16-32(30)40/h1-16,21-22,39-40H,17-20H2,(H,36,41). The Morgan fingerprint density at radius 3 is 1.72 bits per heavy atom. The maximum atomic E-state index is 13.2. The zero-order valence-corrected chi connectivity index (χ0v) is 23.1. The fourth-order valence-electron chi connectivity index (χ4n) is 4.69. The number of non-ortho nitro benzene ring substituents is 1. The monoisotopic (exact) mass is 575 g/mol. The Bertz CT molecular complexity index is 1740.